The van der Waals surface area contributed by atoms with Crippen LogP contribution in [0.2, 0.25) is 0 Å². The summed E-state index contributed by atoms with van der Waals surface area (Å²) in [7, 11) is 1.66. The van der Waals surface area contributed by atoms with E-state index in [1.165, 1.54) is 6.20 Å². The van der Waals surface area contributed by atoms with Crippen LogP contribution in [0.4, 0.5) is 5.82 Å². The quantitative estimate of drug-likeness (QED) is 0.788. The topological polar surface area (TPSA) is 70.8 Å². The maximum atomic E-state index is 8.90. The molecule has 86 valence electrons. The van der Waals surface area contributed by atoms with Crippen molar-refractivity contribution < 1.29 is 4.74 Å². The van der Waals surface area contributed by atoms with Crippen molar-refractivity contribution in [2.24, 2.45) is 0 Å². The zero-order valence-corrected chi connectivity index (χ0v) is 9.60. The molecular weight excluding hydrogens is 204 g/mol. The molecule has 0 aliphatic rings. The Morgan fingerprint density at radius 1 is 1.62 bits per heavy atom. The Balaban J connectivity index is 2.72. The van der Waals surface area contributed by atoms with Crippen molar-refractivity contribution >= 4 is 5.82 Å². The van der Waals surface area contributed by atoms with E-state index in [9.17, 15) is 0 Å². The summed E-state index contributed by atoms with van der Waals surface area (Å²) in [6.45, 7) is 2.70. The number of ether oxygens (including phenoxy) is 1. The highest BCUT2D eigenvalue weighted by Gasteiger charge is 2.10. The van der Waals surface area contributed by atoms with E-state index in [0.29, 0.717) is 18.0 Å². The van der Waals surface area contributed by atoms with Crippen LogP contribution in [0.15, 0.2) is 12.3 Å². The van der Waals surface area contributed by atoms with Gasteiger partial charge >= 0.3 is 0 Å². The largest absolute Gasteiger partial charge is 0.383 e. The summed E-state index contributed by atoms with van der Waals surface area (Å²) in [5.74, 6) is 0.528. The first kappa shape index (κ1) is 12.4. The van der Waals surface area contributed by atoms with Gasteiger partial charge in [0.1, 0.15) is 6.07 Å². The fraction of sp³-hybridized carbons (Fsp3) is 0.545. The number of nitriles is 1. The van der Waals surface area contributed by atoms with Gasteiger partial charge in [-0.25, -0.2) is 0 Å². The fourth-order valence-electron chi connectivity index (χ4n) is 1.47. The van der Waals surface area contributed by atoms with Crippen LogP contribution in [-0.2, 0) is 4.74 Å². The highest BCUT2D eigenvalue weighted by Crippen LogP contribution is 2.12. The SMILES string of the molecule is CCCC(COC)Nc1nnccc1C#N. The van der Waals surface area contributed by atoms with Crippen molar-refractivity contribution in [1.29, 1.82) is 5.26 Å². The third kappa shape index (κ3) is 3.48. The average Bonchev–Trinajstić information content (AvgIpc) is 2.30. The molecule has 0 aromatic carbocycles. The Hall–Kier alpha value is -1.67. The second-order valence-corrected chi connectivity index (χ2v) is 3.49. The van der Waals surface area contributed by atoms with Gasteiger partial charge in [0.05, 0.1) is 24.4 Å². The van der Waals surface area contributed by atoms with Crippen LogP contribution < -0.4 is 5.32 Å². The number of hydrogen-bond donors (Lipinski definition) is 1. The van der Waals surface area contributed by atoms with Gasteiger partial charge in [-0.05, 0) is 12.5 Å². The van der Waals surface area contributed by atoms with Crippen molar-refractivity contribution in [1.82, 2.24) is 10.2 Å². The molecule has 0 bridgehead atoms. The summed E-state index contributed by atoms with van der Waals surface area (Å²) in [5, 5.41) is 19.8. The lowest BCUT2D eigenvalue weighted by Crippen LogP contribution is -2.25. The Bertz CT molecular complexity index is 355. The molecule has 5 heteroatoms. The van der Waals surface area contributed by atoms with Crippen LogP contribution in [0.1, 0.15) is 25.3 Å². The minimum atomic E-state index is 0.166. The van der Waals surface area contributed by atoms with Crippen LogP contribution in [0, 0.1) is 11.3 Å². The van der Waals surface area contributed by atoms with Gasteiger partial charge in [0.2, 0.25) is 0 Å². The Kier molecular flexibility index (Phi) is 5.23. The first-order chi connectivity index (χ1) is 7.81. The van der Waals surface area contributed by atoms with E-state index in [0.717, 1.165) is 12.8 Å². The van der Waals surface area contributed by atoms with E-state index in [4.69, 9.17) is 10.00 Å². The molecule has 0 aliphatic carbocycles. The van der Waals surface area contributed by atoms with Gasteiger partial charge in [0.15, 0.2) is 5.82 Å². The smallest absolute Gasteiger partial charge is 0.166 e. The number of rotatable bonds is 6. The third-order valence-electron chi connectivity index (χ3n) is 2.19. The van der Waals surface area contributed by atoms with Gasteiger partial charge in [0.25, 0.3) is 0 Å². The summed E-state index contributed by atoms with van der Waals surface area (Å²) < 4.78 is 5.11. The predicted octanol–water partition coefficient (Wildman–Crippen LogP) is 1.58. The summed E-state index contributed by atoms with van der Waals surface area (Å²) in [6.07, 6.45) is 3.52. The van der Waals surface area contributed by atoms with E-state index in [1.807, 2.05) is 0 Å². The normalized spacial score (nSPS) is 11.8. The predicted molar refractivity (Wildman–Crippen MR) is 60.9 cm³/mol. The molecule has 1 rings (SSSR count). The number of nitrogens with zero attached hydrogens (tertiary/aromatic N) is 3. The monoisotopic (exact) mass is 220 g/mol. The fourth-order valence-corrected chi connectivity index (χ4v) is 1.47. The van der Waals surface area contributed by atoms with Gasteiger partial charge in [0, 0.05) is 7.11 Å². The van der Waals surface area contributed by atoms with E-state index in [-0.39, 0.29) is 6.04 Å². The van der Waals surface area contributed by atoms with Gasteiger partial charge in [-0.2, -0.15) is 10.4 Å². The van der Waals surface area contributed by atoms with Crippen molar-refractivity contribution in [2.75, 3.05) is 19.0 Å². The molecule has 0 fully saturated rings. The lowest BCUT2D eigenvalue weighted by atomic mass is 10.1. The molecule has 0 spiro atoms. The van der Waals surface area contributed by atoms with Crippen LogP contribution in [0.25, 0.3) is 0 Å². The first-order valence-corrected chi connectivity index (χ1v) is 5.29. The lowest BCUT2D eigenvalue weighted by molar-refractivity contribution is 0.182. The van der Waals surface area contributed by atoms with Crippen LogP contribution in [-0.4, -0.2) is 30.0 Å². The minimum Gasteiger partial charge on any atom is -0.383 e. The molecular formula is C11H16N4O. The van der Waals surface area contributed by atoms with E-state index >= 15 is 0 Å². The zero-order valence-electron chi connectivity index (χ0n) is 9.60. The molecule has 16 heavy (non-hydrogen) atoms. The molecule has 0 saturated carbocycles. The number of methoxy groups -OCH3 is 1. The van der Waals surface area contributed by atoms with Crippen molar-refractivity contribution in [3.05, 3.63) is 17.8 Å². The standard InChI is InChI=1S/C11H16N4O/c1-3-4-10(8-16-2)14-11-9(7-12)5-6-13-15-11/h5-6,10H,3-4,8H2,1-2H3,(H,14,15). The minimum absolute atomic E-state index is 0.166. The number of aromatic nitrogens is 2. The number of anilines is 1. The highest BCUT2D eigenvalue weighted by atomic mass is 16.5. The van der Waals surface area contributed by atoms with Gasteiger partial charge in [-0.15, -0.1) is 5.10 Å². The molecule has 1 N–H and O–H groups in total. The van der Waals surface area contributed by atoms with Gasteiger partial charge in [-0.3, -0.25) is 0 Å². The van der Waals surface area contributed by atoms with Gasteiger partial charge < -0.3 is 10.1 Å². The van der Waals surface area contributed by atoms with E-state index in [2.05, 4.69) is 28.5 Å². The van der Waals surface area contributed by atoms with Gasteiger partial charge in [-0.1, -0.05) is 13.3 Å². The van der Waals surface area contributed by atoms with Crippen LogP contribution in [0.3, 0.4) is 0 Å². The molecule has 1 aromatic rings. The average molecular weight is 220 g/mol. The summed E-state index contributed by atoms with van der Waals surface area (Å²) >= 11 is 0. The molecule has 1 heterocycles. The molecule has 0 radical (unpaired) electrons. The Labute approximate surface area is 95.4 Å². The number of nitrogens with one attached hydrogen (secondary N) is 1. The highest BCUT2D eigenvalue weighted by molar-refractivity contribution is 5.50. The third-order valence-corrected chi connectivity index (χ3v) is 2.19. The van der Waals surface area contributed by atoms with E-state index in [1.54, 1.807) is 13.2 Å². The molecule has 1 atom stereocenters. The van der Waals surface area contributed by atoms with Crippen LogP contribution in [0.5, 0.6) is 0 Å². The molecule has 0 saturated heterocycles. The Morgan fingerprint density at radius 3 is 3.06 bits per heavy atom. The second-order valence-electron chi connectivity index (χ2n) is 3.49. The first-order valence-electron chi connectivity index (χ1n) is 5.29. The van der Waals surface area contributed by atoms with Crippen molar-refractivity contribution in [2.45, 2.75) is 25.8 Å². The second kappa shape index (κ2) is 6.75. The molecule has 0 amide bonds. The molecule has 5 nitrogen and oxygen atoms in total. The number of hydrogen-bond acceptors (Lipinski definition) is 5. The van der Waals surface area contributed by atoms with Crippen molar-refractivity contribution in [3.8, 4) is 6.07 Å². The van der Waals surface area contributed by atoms with Crippen LogP contribution >= 0.6 is 0 Å². The maximum absolute atomic E-state index is 8.90. The van der Waals surface area contributed by atoms with E-state index < -0.39 is 0 Å². The summed E-state index contributed by atoms with van der Waals surface area (Å²) in [4.78, 5) is 0. The zero-order chi connectivity index (χ0) is 11.8. The molecule has 1 unspecified atom stereocenters. The van der Waals surface area contributed by atoms with Crippen molar-refractivity contribution in [3.63, 3.8) is 0 Å². The lowest BCUT2D eigenvalue weighted by Gasteiger charge is -2.17. The summed E-state index contributed by atoms with van der Waals surface area (Å²) in [5.41, 5.74) is 0.507. The molecule has 1 aromatic heterocycles. The summed E-state index contributed by atoms with van der Waals surface area (Å²) in [6, 6.07) is 3.89. The molecule has 0 aliphatic heterocycles. The Morgan fingerprint density at radius 2 is 2.44 bits per heavy atom. The maximum Gasteiger partial charge on any atom is 0.166 e.